The summed E-state index contributed by atoms with van der Waals surface area (Å²) in [5.41, 5.74) is 6.27. The third kappa shape index (κ3) is 5.08. The van der Waals surface area contributed by atoms with Gasteiger partial charge in [0.05, 0.1) is 18.0 Å². The number of ether oxygens (including phenoxy) is 1. The highest BCUT2D eigenvalue weighted by Crippen LogP contribution is 2.19. The Balaban J connectivity index is 2.32. The zero-order valence-electron chi connectivity index (χ0n) is 10.1. The number of rotatable bonds is 7. The third-order valence-electron chi connectivity index (χ3n) is 2.29. The van der Waals surface area contributed by atoms with Crippen LogP contribution in [0.3, 0.4) is 0 Å². The van der Waals surface area contributed by atoms with Gasteiger partial charge in [-0.1, -0.05) is 19.1 Å². The van der Waals surface area contributed by atoms with E-state index in [1.165, 1.54) is 0 Å². The van der Waals surface area contributed by atoms with Gasteiger partial charge in [-0.05, 0) is 25.0 Å². The Morgan fingerprint density at radius 3 is 2.59 bits per heavy atom. The molecule has 0 aliphatic rings. The zero-order chi connectivity index (χ0) is 12.7. The predicted molar refractivity (Wildman–Crippen MR) is 69.9 cm³/mol. The van der Waals surface area contributed by atoms with Crippen LogP contribution in [0.2, 0.25) is 0 Å². The van der Waals surface area contributed by atoms with E-state index in [9.17, 15) is 8.42 Å². The molecule has 0 amide bonds. The van der Waals surface area contributed by atoms with Crippen LogP contribution < -0.4 is 10.5 Å². The van der Waals surface area contributed by atoms with Crippen molar-refractivity contribution >= 4 is 15.5 Å². The minimum Gasteiger partial charge on any atom is -0.491 e. The lowest BCUT2D eigenvalue weighted by Crippen LogP contribution is -2.13. The minimum atomic E-state index is -2.91. The van der Waals surface area contributed by atoms with Crippen LogP contribution in [0.1, 0.15) is 19.8 Å². The molecule has 0 fully saturated rings. The molecule has 0 unspecified atom stereocenters. The van der Waals surface area contributed by atoms with Crippen LogP contribution in [0.5, 0.6) is 5.75 Å². The number of para-hydroxylation sites is 2. The first-order chi connectivity index (χ1) is 8.05. The second kappa shape index (κ2) is 6.49. The average molecular weight is 257 g/mol. The smallest absolute Gasteiger partial charge is 0.150 e. The van der Waals surface area contributed by atoms with E-state index in [1.807, 2.05) is 19.1 Å². The van der Waals surface area contributed by atoms with Gasteiger partial charge in [0.25, 0.3) is 0 Å². The summed E-state index contributed by atoms with van der Waals surface area (Å²) < 4.78 is 28.3. The molecule has 0 atom stereocenters. The summed E-state index contributed by atoms with van der Waals surface area (Å²) >= 11 is 0. The van der Waals surface area contributed by atoms with Crippen LogP contribution in [0.25, 0.3) is 0 Å². The Kier molecular flexibility index (Phi) is 5.28. The van der Waals surface area contributed by atoms with Crippen molar-refractivity contribution in [2.24, 2.45) is 0 Å². The fourth-order valence-corrected chi connectivity index (χ4v) is 2.87. The number of hydrogen-bond acceptors (Lipinski definition) is 4. The summed E-state index contributed by atoms with van der Waals surface area (Å²) in [6.07, 6.45) is 1.16. The quantitative estimate of drug-likeness (QED) is 0.598. The normalized spacial score (nSPS) is 11.4. The Bertz CT molecular complexity index is 443. The summed E-state index contributed by atoms with van der Waals surface area (Å²) in [6.45, 7) is 2.23. The van der Waals surface area contributed by atoms with Crippen molar-refractivity contribution < 1.29 is 13.2 Å². The molecule has 17 heavy (non-hydrogen) atoms. The van der Waals surface area contributed by atoms with E-state index in [-0.39, 0.29) is 11.5 Å². The Labute approximate surface area is 103 Å². The number of anilines is 1. The molecule has 2 N–H and O–H groups in total. The lowest BCUT2D eigenvalue weighted by atomic mass is 10.3. The molecule has 1 rings (SSSR count). The van der Waals surface area contributed by atoms with E-state index in [2.05, 4.69) is 0 Å². The highest BCUT2D eigenvalue weighted by molar-refractivity contribution is 7.91. The monoisotopic (exact) mass is 257 g/mol. The second-order valence-electron chi connectivity index (χ2n) is 3.89. The number of nitrogens with two attached hydrogens (primary N) is 1. The standard InChI is InChI=1S/C12H19NO3S/c1-2-9-17(14,15)10-5-8-16-12-7-4-3-6-11(12)13/h3-4,6-7H,2,5,8-10,13H2,1H3. The van der Waals surface area contributed by atoms with E-state index in [0.29, 0.717) is 30.9 Å². The molecule has 0 aromatic heterocycles. The lowest BCUT2D eigenvalue weighted by Gasteiger charge is -2.08. The molecule has 4 nitrogen and oxygen atoms in total. The maximum absolute atomic E-state index is 11.4. The maximum atomic E-state index is 11.4. The van der Waals surface area contributed by atoms with Crippen LogP contribution in [0.4, 0.5) is 5.69 Å². The molecule has 96 valence electrons. The zero-order valence-corrected chi connectivity index (χ0v) is 10.9. The minimum absolute atomic E-state index is 0.174. The summed E-state index contributed by atoms with van der Waals surface area (Å²) in [4.78, 5) is 0. The first-order valence-corrected chi connectivity index (χ1v) is 7.55. The summed E-state index contributed by atoms with van der Waals surface area (Å²) in [7, 11) is -2.91. The molecule has 0 spiro atoms. The Morgan fingerprint density at radius 1 is 1.24 bits per heavy atom. The van der Waals surface area contributed by atoms with Crippen molar-refractivity contribution in [3.8, 4) is 5.75 Å². The molecule has 1 aromatic rings. The van der Waals surface area contributed by atoms with E-state index in [0.717, 1.165) is 0 Å². The van der Waals surface area contributed by atoms with Gasteiger partial charge in [-0.15, -0.1) is 0 Å². The second-order valence-corrected chi connectivity index (χ2v) is 6.20. The van der Waals surface area contributed by atoms with Crippen molar-refractivity contribution in [1.29, 1.82) is 0 Å². The van der Waals surface area contributed by atoms with Crippen molar-refractivity contribution in [1.82, 2.24) is 0 Å². The highest BCUT2D eigenvalue weighted by Gasteiger charge is 2.08. The molecule has 5 heteroatoms. The summed E-state index contributed by atoms with van der Waals surface area (Å²) in [6, 6.07) is 7.19. The van der Waals surface area contributed by atoms with Gasteiger partial charge in [-0.2, -0.15) is 0 Å². The Hall–Kier alpha value is -1.23. The van der Waals surface area contributed by atoms with Gasteiger partial charge in [0.1, 0.15) is 15.6 Å². The largest absolute Gasteiger partial charge is 0.491 e. The molecule has 0 heterocycles. The highest BCUT2D eigenvalue weighted by atomic mass is 32.2. The molecule has 0 saturated heterocycles. The Morgan fingerprint density at radius 2 is 1.94 bits per heavy atom. The predicted octanol–water partition coefficient (Wildman–Crippen LogP) is 1.86. The molecule has 0 aliphatic carbocycles. The van der Waals surface area contributed by atoms with Crippen LogP contribution in [-0.4, -0.2) is 26.5 Å². The van der Waals surface area contributed by atoms with Crippen molar-refractivity contribution in [2.75, 3.05) is 23.8 Å². The molecule has 0 radical (unpaired) electrons. The maximum Gasteiger partial charge on any atom is 0.150 e. The van der Waals surface area contributed by atoms with Crippen molar-refractivity contribution in [3.05, 3.63) is 24.3 Å². The molecule has 1 aromatic carbocycles. The molecular weight excluding hydrogens is 238 g/mol. The van der Waals surface area contributed by atoms with Gasteiger partial charge in [0.2, 0.25) is 0 Å². The van der Waals surface area contributed by atoms with Crippen molar-refractivity contribution in [3.63, 3.8) is 0 Å². The SMILES string of the molecule is CCCS(=O)(=O)CCCOc1ccccc1N. The van der Waals surface area contributed by atoms with Crippen LogP contribution >= 0.6 is 0 Å². The first-order valence-electron chi connectivity index (χ1n) is 5.73. The topological polar surface area (TPSA) is 69.4 Å². The number of benzene rings is 1. The van der Waals surface area contributed by atoms with Crippen LogP contribution in [-0.2, 0) is 9.84 Å². The fraction of sp³-hybridized carbons (Fsp3) is 0.500. The van der Waals surface area contributed by atoms with Gasteiger partial charge in [0.15, 0.2) is 0 Å². The molecule has 0 aliphatic heterocycles. The number of hydrogen-bond donors (Lipinski definition) is 1. The average Bonchev–Trinajstić information content (AvgIpc) is 2.26. The number of nitrogen functional groups attached to an aromatic ring is 1. The van der Waals surface area contributed by atoms with Gasteiger partial charge < -0.3 is 10.5 Å². The van der Waals surface area contributed by atoms with E-state index >= 15 is 0 Å². The van der Waals surface area contributed by atoms with Gasteiger partial charge >= 0.3 is 0 Å². The lowest BCUT2D eigenvalue weighted by molar-refractivity contribution is 0.319. The fourth-order valence-electron chi connectivity index (χ4n) is 1.49. The van der Waals surface area contributed by atoms with Gasteiger partial charge in [-0.3, -0.25) is 0 Å². The third-order valence-corrected chi connectivity index (χ3v) is 4.23. The van der Waals surface area contributed by atoms with E-state index in [1.54, 1.807) is 12.1 Å². The number of sulfone groups is 1. The van der Waals surface area contributed by atoms with E-state index in [4.69, 9.17) is 10.5 Å². The van der Waals surface area contributed by atoms with E-state index < -0.39 is 9.84 Å². The first kappa shape index (κ1) is 13.8. The molecule has 0 saturated carbocycles. The molecular formula is C12H19NO3S. The molecule has 0 bridgehead atoms. The van der Waals surface area contributed by atoms with Crippen LogP contribution in [0, 0.1) is 0 Å². The van der Waals surface area contributed by atoms with Gasteiger partial charge in [-0.25, -0.2) is 8.42 Å². The van der Waals surface area contributed by atoms with Crippen molar-refractivity contribution in [2.45, 2.75) is 19.8 Å². The summed E-state index contributed by atoms with van der Waals surface area (Å²) in [5, 5.41) is 0. The van der Waals surface area contributed by atoms with Gasteiger partial charge in [0, 0.05) is 5.75 Å². The van der Waals surface area contributed by atoms with Crippen LogP contribution in [0.15, 0.2) is 24.3 Å². The summed E-state index contributed by atoms with van der Waals surface area (Å²) in [5.74, 6) is 1.04.